The monoisotopic (exact) mass is 304 g/mol. The highest BCUT2D eigenvalue weighted by Crippen LogP contribution is 2.26. The molecule has 0 amide bonds. The molecule has 0 spiro atoms. The van der Waals surface area contributed by atoms with Gasteiger partial charge in [0.15, 0.2) is 0 Å². The number of H-pyrrole nitrogens is 1. The first-order valence-electron chi connectivity index (χ1n) is 3.69. The molecule has 0 fully saturated rings. The predicted molar refractivity (Wildman–Crippen MR) is 57.4 cm³/mol. The first-order valence-corrected chi connectivity index (χ1v) is 4.77. The van der Waals surface area contributed by atoms with Gasteiger partial charge in [-0.3, -0.25) is 5.10 Å². The molecule has 2 rings (SSSR count). The lowest BCUT2D eigenvalue weighted by Crippen LogP contribution is -1.96. The van der Waals surface area contributed by atoms with E-state index in [0.717, 1.165) is 3.70 Å². The van der Waals surface area contributed by atoms with Gasteiger partial charge < -0.3 is 10.2 Å². The van der Waals surface area contributed by atoms with Crippen molar-refractivity contribution in [2.45, 2.75) is 0 Å². The van der Waals surface area contributed by atoms with Gasteiger partial charge in [0.2, 0.25) is 0 Å². The maximum absolute atomic E-state index is 10.7. The molecular weight excluding hydrogens is 299 g/mol. The van der Waals surface area contributed by atoms with Crippen LogP contribution in [0.2, 0.25) is 0 Å². The molecule has 6 heteroatoms. The predicted octanol–water partition coefficient (Wildman–Crippen LogP) is 1.57. The Morgan fingerprint density at radius 2 is 2.21 bits per heavy atom. The zero-order valence-corrected chi connectivity index (χ0v) is 8.94. The summed E-state index contributed by atoms with van der Waals surface area (Å²) in [7, 11) is 0. The normalized spacial score (nSPS) is 10.6. The number of aromatic hydroxyl groups is 1. The second-order valence-electron chi connectivity index (χ2n) is 2.73. The van der Waals surface area contributed by atoms with Crippen molar-refractivity contribution < 1.29 is 15.0 Å². The molecule has 5 nitrogen and oxygen atoms in total. The number of halogens is 1. The number of carboxylic acid groups (broad SMARTS) is 1. The number of benzene rings is 1. The molecule has 3 N–H and O–H groups in total. The lowest BCUT2D eigenvalue weighted by molar-refractivity contribution is 0.0694. The molecule has 14 heavy (non-hydrogen) atoms. The lowest BCUT2D eigenvalue weighted by atomic mass is 10.1. The van der Waals surface area contributed by atoms with Crippen LogP contribution in [0.4, 0.5) is 0 Å². The minimum atomic E-state index is -1.16. The number of hydrogen-bond acceptors (Lipinski definition) is 3. The maximum atomic E-state index is 10.7. The molecule has 0 saturated carbocycles. The average molecular weight is 304 g/mol. The Balaban J connectivity index is 2.79. The van der Waals surface area contributed by atoms with E-state index >= 15 is 0 Å². The number of nitrogens with zero attached hydrogens (tertiary/aromatic N) is 1. The van der Waals surface area contributed by atoms with Gasteiger partial charge in [-0.2, -0.15) is 5.10 Å². The van der Waals surface area contributed by atoms with Gasteiger partial charge in [0, 0.05) is 5.39 Å². The van der Waals surface area contributed by atoms with Gasteiger partial charge in [-0.15, -0.1) is 0 Å². The fourth-order valence-electron chi connectivity index (χ4n) is 1.19. The Labute approximate surface area is 91.9 Å². The number of phenols is 1. The van der Waals surface area contributed by atoms with Crippen LogP contribution in [0.25, 0.3) is 10.9 Å². The molecule has 1 aromatic heterocycles. The van der Waals surface area contributed by atoms with Crippen molar-refractivity contribution in [3.05, 3.63) is 21.4 Å². The summed E-state index contributed by atoms with van der Waals surface area (Å²) in [5.74, 6) is -1.41. The Bertz CT molecular complexity index is 521. The Hall–Kier alpha value is -1.31. The standard InChI is InChI=1S/C8H5IN2O3/c9-7-3-2-6(12)4(8(13)14)1-5(3)10-11-7/h1-2,12H,(H,10,11)(H,13,14). The van der Waals surface area contributed by atoms with E-state index in [4.69, 9.17) is 5.11 Å². The second kappa shape index (κ2) is 3.12. The molecule has 0 bridgehead atoms. The van der Waals surface area contributed by atoms with Crippen LogP contribution in [-0.4, -0.2) is 26.4 Å². The number of hydrogen-bond donors (Lipinski definition) is 3. The lowest BCUT2D eigenvalue weighted by Gasteiger charge is -1.98. The van der Waals surface area contributed by atoms with Crippen molar-refractivity contribution >= 4 is 39.5 Å². The molecule has 1 aromatic carbocycles. The van der Waals surface area contributed by atoms with Gasteiger partial charge in [0.1, 0.15) is 15.0 Å². The first kappa shape index (κ1) is 9.25. The molecular formula is C8H5IN2O3. The van der Waals surface area contributed by atoms with E-state index in [1.807, 2.05) is 22.6 Å². The quantitative estimate of drug-likeness (QED) is 0.698. The van der Waals surface area contributed by atoms with Crippen molar-refractivity contribution in [1.82, 2.24) is 10.2 Å². The number of nitrogens with one attached hydrogen (secondary N) is 1. The molecule has 1 heterocycles. The van der Waals surface area contributed by atoms with Crippen LogP contribution in [0.3, 0.4) is 0 Å². The van der Waals surface area contributed by atoms with Crippen LogP contribution in [0, 0.1) is 3.70 Å². The smallest absolute Gasteiger partial charge is 0.339 e. The van der Waals surface area contributed by atoms with Gasteiger partial charge in [-0.05, 0) is 34.7 Å². The Morgan fingerprint density at radius 1 is 1.50 bits per heavy atom. The number of carbonyl (C=O) groups is 1. The molecule has 72 valence electrons. The number of aromatic amines is 1. The summed E-state index contributed by atoms with van der Waals surface area (Å²) >= 11 is 2.02. The van der Waals surface area contributed by atoms with E-state index in [2.05, 4.69) is 10.2 Å². The van der Waals surface area contributed by atoms with Crippen LogP contribution >= 0.6 is 22.6 Å². The van der Waals surface area contributed by atoms with E-state index in [9.17, 15) is 9.90 Å². The molecule has 0 aliphatic rings. The summed E-state index contributed by atoms with van der Waals surface area (Å²) in [6.45, 7) is 0. The van der Waals surface area contributed by atoms with Gasteiger partial charge in [0.05, 0.1) is 5.52 Å². The van der Waals surface area contributed by atoms with Gasteiger partial charge in [-0.1, -0.05) is 0 Å². The van der Waals surface area contributed by atoms with E-state index < -0.39 is 5.97 Å². The van der Waals surface area contributed by atoms with Crippen molar-refractivity contribution in [3.8, 4) is 5.75 Å². The molecule has 0 aliphatic heterocycles. The molecule has 0 unspecified atom stereocenters. The highest BCUT2D eigenvalue weighted by Gasteiger charge is 2.13. The fourth-order valence-corrected chi connectivity index (χ4v) is 1.74. The summed E-state index contributed by atoms with van der Waals surface area (Å²) in [5, 5.41) is 25.4. The van der Waals surface area contributed by atoms with Crippen LogP contribution in [0.5, 0.6) is 5.75 Å². The highest BCUT2D eigenvalue weighted by atomic mass is 127. The number of aromatic nitrogens is 2. The van der Waals surface area contributed by atoms with Crippen LogP contribution in [0.1, 0.15) is 10.4 Å². The summed E-state index contributed by atoms with van der Waals surface area (Å²) in [6, 6.07) is 2.73. The minimum Gasteiger partial charge on any atom is -0.507 e. The summed E-state index contributed by atoms with van der Waals surface area (Å²) < 4.78 is 0.768. The molecule has 0 radical (unpaired) electrons. The average Bonchev–Trinajstić information content (AvgIpc) is 2.46. The fraction of sp³-hybridized carbons (Fsp3) is 0. The first-order chi connectivity index (χ1) is 6.59. The van der Waals surface area contributed by atoms with Crippen molar-refractivity contribution in [1.29, 1.82) is 0 Å². The minimum absolute atomic E-state index is 0.139. The van der Waals surface area contributed by atoms with Crippen LogP contribution < -0.4 is 0 Å². The topological polar surface area (TPSA) is 86.2 Å². The van der Waals surface area contributed by atoms with Crippen LogP contribution in [-0.2, 0) is 0 Å². The van der Waals surface area contributed by atoms with E-state index in [0.29, 0.717) is 10.9 Å². The number of rotatable bonds is 1. The largest absolute Gasteiger partial charge is 0.507 e. The zero-order chi connectivity index (χ0) is 10.3. The van der Waals surface area contributed by atoms with Gasteiger partial charge >= 0.3 is 5.97 Å². The Kier molecular flexibility index (Phi) is 2.06. The summed E-state index contributed by atoms with van der Waals surface area (Å²) in [5.41, 5.74) is 0.394. The molecule has 2 aromatic rings. The Morgan fingerprint density at radius 3 is 2.86 bits per heavy atom. The highest BCUT2D eigenvalue weighted by molar-refractivity contribution is 14.1. The third-order valence-corrected chi connectivity index (χ3v) is 2.68. The zero-order valence-electron chi connectivity index (χ0n) is 6.78. The number of aromatic carboxylic acids is 1. The molecule has 0 aliphatic carbocycles. The third kappa shape index (κ3) is 1.31. The van der Waals surface area contributed by atoms with Crippen LogP contribution in [0.15, 0.2) is 12.1 Å². The summed E-state index contributed by atoms with van der Waals surface area (Å²) in [4.78, 5) is 10.7. The van der Waals surface area contributed by atoms with Crippen molar-refractivity contribution in [2.75, 3.05) is 0 Å². The number of carboxylic acids is 1. The SMILES string of the molecule is O=C(O)c1cc2n[nH]c(I)c2cc1O. The van der Waals surface area contributed by atoms with E-state index in [1.165, 1.54) is 12.1 Å². The van der Waals surface area contributed by atoms with Gasteiger partial charge in [0.25, 0.3) is 0 Å². The third-order valence-electron chi connectivity index (χ3n) is 1.86. The second-order valence-corrected chi connectivity index (χ2v) is 3.81. The molecule has 0 saturated heterocycles. The maximum Gasteiger partial charge on any atom is 0.339 e. The van der Waals surface area contributed by atoms with E-state index in [-0.39, 0.29) is 11.3 Å². The van der Waals surface area contributed by atoms with Crippen molar-refractivity contribution in [2.24, 2.45) is 0 Å². The van der Waals surface area contributed by atoms with Gasteiger partial charge in [-0.25, -0.2) is 4.79 Å². The van der Waals surface area contributed by atoms with Crippen molar-refractivity contribution in [3.63, 3.8) is 0 Å². The molecule has 0 atom stereocenters. The van der Waals surface area contributed by atoms with E-state index in [1.54, 1.807) is 0 Å². The number of fused-ring (bicyclic) bond motifs is 1. The summed E-state index contributed by atoms with van der Waals surface area (Å²) in [6.07, 6.45) is 0.